The van der Waals surface area contributed by atoms with E-state index in [1.54, 1.807) is 0 Å². The molecule has 0 bridgehead atoms. The van der Waals surface area contributed by atoms with E-state index in [9.17, 15) is 0 Å². The predicted octanol–water partition coefficient (Wildman–Crippen LogP) is 1.31. The van der Waals surface area contributed by atoms with E-state index < -0.39 is 0 Å². The SMILES string of the molecule is CCNC(COCC)C1=CCCO1. The zero-order chi connectivity index (χ0) is 9.52. The highest BCUT2D eigenvalue weighted by molar-refractivity contribution is 5.07. The van der Waals surface area contributed by atoms with Crippen molar-refractivity contribution in [1.29, 1.82) is 0 Å². The van der Waals surface area contributed by atoms with Crippen LogP contribution in [0.4, 0.5) is 0 Å². The van der Waals surface area contributed by atoms with Gasteiger partial charge in [0, 0.05) is 13.0 Å². The largest absolute Gasteiger partial charge is 0.496 e. The van der Waals surface area contributed by atoms with Gasteiger partial charge in [0.25, 0.3) is 0 Å². The van der Waals surface area contributed by atoms with Crippen LogP contribution in [0.15, 0.2) is 11.8 Å². The van der Waals surface area contributed by atoms with Crippen LogP contribution < -0.4 is 5.32 Å². The molecule has 1 aliphatic rings. The highest BCUT2D eigenvalue weighted by Crippen LogP contribution is 2.13. The van der Waals surface area contributed by atoms with E-state index >= 15 is 0 Å². The van der Waals surface area contributed by atoms with E-state index in [0.717, 1.165) is 31.9 Å². The minimum absolute atomic E-state index is 0.243. The molecule has 1 aliphatic heterocycles. The fourth-order valence-electron chi connectivity index (χ4n) is 1.40. The van der Waals surface area contributed by atoms with Gasteiger partial charge in [0.05, 0.1) is 19.3 Å². The van der Waals surface area contributed by atoms with Crippen molar-refractivity contribution in [1.82, 2.24) is 5.32 Å². The summed E-state index contributed by atoms with van der Waals surface area (Å²) >= 11 is 0. The fourth-order valence-corrected chi connectivity index (χ4v) is 1.40. The number of hydrogen-bond acceptors (Lipinski definition) is 3. The second-order valence-corrected chi connectivity index (χ2v) is 3.01. The van der Waals surface area contributed by atoms with Crippen molar-refractivity contribution in [2.24, 2.45) is 0 Å². The molecule has 0 saturated heterocycles. The summed E-state index contributed by atoms with van der Waals surface area (Å²) in [6.45, 7) is 7.33. The Bertz CT molecular complexity index is 168. The molecule has 0 amide bonds. The Morgan fingerprint density at radius 2 is 2.46 bits per heavy atom. The Balaban J connectivity index is 2.36. The Kier molecular flexibility index (Phi) is 4.86. The lowest BCUT2D eigenvalue weighted by Gasteiger charge is -2.18. The molecule has 1 rings (SSSR count). The molecule has 3 nitrogen and oxygen atoms in total. The number of rotatable bonds is 6. The molecule has 3 heteroatoms. The van der Waals surface area contributed by atoms with Crippen LogP contribution in [0.1, 0.15) is 20.3 Å². The predicted molar refractivity (Wildman–Crippen MR) is 52.6 cm³/mol. The van der Waals surface area contributed by atoms with E-state index in [-0.39, 0.29) is 6.04 Å². The molecular formula is C10H19NO2. The van der Waals surface area contributed by atoms with Gasteiger partial charge < -0.3 is 14.8 Å². The molecule has 0 fully saturated rings. The van der Waals surface area contributed by atoms with Crippen molar-refractivity contribution in [3.05, 3.63) is 11.8 Å². The summed E-state index contributed by atoms with van der Waals surface area (Å²) in [6, 6.07) is 0.243. The number of nitrogens with one attached hydrogen (secondary N) is 1. The summed E-state index contributed by atoms with van der Waals surface area (Å²) in [5, 5.41) is 3.34. The van der Waals surface area contributed by atoms with Gasteiger partial charge in [0.2, 0.25) is 0 Å². The third kappa shape index (κ3) is 3.36. The molecule has 1 heterocycles. The van der Waals surface area contributed by atoms with Crippen molar-refractivity contribution in [2.45, 2.75) is 26.3 Å². The van der Waals surface area contributed by atoms with Crippen LogP contribution in [0.25, 0.3) is 0 Å². The smallest absolute Gasteiger partial charge is 0.111 e. The maximum Gasteiger partial charge on any atom is 0.111 e. The molecule has 0 spiro atoms. The van der Waals surface area contributed by atoms with E-state index in [1.165, 1.54) is 0 Å². The van der Waals surface area contributed by atoms with Crippen LogP contribution in [0.3, 0.4) is 0 Å². The van der Waals surface area contributed by atoms with Gasteiger partial charge >= 0.3 is 0 Å². The molecular weight excluding hydrogens is 166 g/mol. The zero-order valence-corrected chi connectivity index (χ0v) is 8.51. The highest BCUT2D eigenvalue weighted by atomic mass is 16.5. The first-order chi connectivity index (χ1) is 6.38. The molecule has 76 valence electrons. The Morgan fingerprint density at radius 3 is 3.00 bits per heavy atom. The zero-order valence-electron chi connectivity index (χ0n) is 8.51. The summed E-state index contributed by atoms with van der Waals surface area (Å²) in [6.07, 6.45) is 3.18. The normalized spacial score (nSPS) is 18.2. The average Bonchev–Trinajstić information content (AvgIpc) is 2.65. The van der Waals surface area contributed by atoms with Crippen LogP contribution in [0.2, 0.25) is 0 Å². The van der Waals surface area contributed by atoms with Gasteiger partial charge in [-0.25, -0.2) is 0 Å². The van der Waals surface area contributed by atoms with Crippen LogP contribution in [-0.2, 0) is 9.47 Å². The lowest BCUT2D eigenvalue weighted by molar-refractivity contribution is 0.108. The molecule has 1 unspecified atom stereocenters. The lowest BCUT2D eigenvalue weighted by atomic mass is 10.2. The van der Waals surface area contributed by atoms with Gasteiger partial charge in [-0.15, -0.1) is 0 Å². The van der Waals surface area contributed by atoms with Crippen molar-refractivity contribution >= 4 is 0 Å². The molecule has 0 aromatic rings. The minimum Gasteiger partial charge on any atom is -0.496 e. The van der Waals surface area contributed by atoms with Gasteiger partial charge in [-0.2, -0.15) is 0 Å². The van der Waals surface area contributed by atoms with E-state index in [1.807, 2.05) is 6.92 Å². The summed E-state index contributed by atoms with van der Waals surface area (Å²) in [5.41, 5.74) is 0. The molecule has 13 heavy (non-hydrogen) atoms. The minimum atomic E-state index is 0.243. The van der Waals surface area contributed by atoms with Gasteiger partial charge in [0.1, 0.15) is 5.76 Å². The van der Waals surface area contributed by atoms with Crippen molar-refractivity contribution in [3.63, 3.8) is 0 Å². The number of likely N-dealkylation sites (N-methyl/N-ethyl adjacent to an activating group) is 1. The maximum atomic E-state index is 5.48. The molecule has 0 aromatic carbocycles. The Labute approximate surface area is 80.1 Å². The second kappa shape index (κ2) is 6.00. The van der Waals surface area contributed by atoms with Gasteiger partial charge in [-0.05, 0) is 19.5 Å². The van der Waals surface area contributed by atoms with Crippen molar-refractivity contribution in [3.8, 4) is 0 Å². The maximum absolute atomic E-state index is 5.48. The first-order valence-corrected chi connectivity index (χ1v) is 5.02. The number of ether oxygens (including phenoxy) is 2. The number of hydrogen-bond donors (Lipinski definition) is 1. The molecule has 0 aromatic heterocycles. The first-order valence-electron chi connectivity index (χ1n) is 5.02. The third-order valence-electron chi connectivity index (χ3n) is 2.01. The van der Waals surface area contributed by atoms with E-state index in [4.69, 9.17) is 9.47 Å². The summed E-state index contributed by atoms with van der Waals surface area (Å²) in [5.74, 6) is 1.05. The van der Waals surface area contributed by atoms with Crippen molar-refractivity contribution in [2.75, 3.05) is 26.4 Å². The molecule has 0 saturated carbocycles. The monoisotopic (exact) mass is 185 g/mol. The summed E-state index contributed by atoms with van der Waals surface area (Å²) in [4.78, 5) is 0. The third-order valence-corrected chi connectivity index (χ3v) is 2.01. The Morgan fingerprint density at radius 1 is 1.62 bits per heavy atom. The fraction of sp³-hybridized carbons (Fsp3) is 0.800. The van der Waals surface area contributed by atoms with Gasteiger partial charge in [-0.3, -0.25) is 0 Å². The lowest BCUT2D eigenvalue weighted by Crippen LogP contribution is -2.35. The quantitative estimate of drug-likeness (QED) is 0.676. The van der Waals surface area contributed by atoms with E-state index in [2.05, 4.69) is 18.3 Å². The van der Waals surface area contributed by atoms with E-state index in [0.29, 0.717) is 6.61 Å². The summed E-state index contributed by atoms with van der Waals surface area (Å²) < 4.78 is 10.9. The van der Waals surface area contributed by atoms with Gasteiger partial charge in [0.15, 0.2) is 0 Å². The average molecular weight is 185 g/mol. The standard InChI is InChI=1S/C10H19NO2/c1-3-11-9(8-12-4-2)10-6-5-7-13-10/h6,9,11H,3-5,7-8H2,1-2H3. The van der Waals surface area contributed by atoms with Crippen LogP contribution in [0, 0.1) is 0 Å². The second-order valence-electron chi connectivity index (χ2n) is 3.01. The summed E-state index contributed by atoms with van der Waals surface area (Å²) in [7, 11) is 0. The van der Waals surface area contributed by atoms with Crippen molar-refractivity contribution < 1.29 is 9.47 Å². The Hall–Kier alpha value is -0.540. The highest BCUT2D eigenvalue weighted by Gasteiger charge is 2.17. The van der Waals surface area contributed by atoms with Crippen LogP contribution >= 0.6 is 0 Å². The molecule has 1 atom stereocenters. The first kappa shape index (κ1) is 10.5. The van der Waals surface area contributed by atoms with Crippen LogP contribution in [-0.4, -0.2) is 32.4 Å². The molecule has 0 aliphatic carbocycles. The molecule has 0 radical (unpaired) electrons. The van der Waals surface area contributed by atoms with Gasteiger partial charge in [-0.1, -0.05) is 6.92 Å². The molecule has 1 N–H and O–H groups in total. The topological polar surface area (TPSA) is 30.5 Å². The van der Waals surface area contributed by atoms with Crippen LogP contribution in [0.5, 0.6) is 0 Å².